The van der Waals surface area contributed by atoms with Crippen LogP contribution in [0.3, 0.4) is 0 Å². The lowest BCUT2D eigenvalue weighted by molar-refractivity contribution is 0.0523. The second kappa shape index (κ2) is 13.2. The number of guanidine groups is 1. The van der Waals surface area contributed by atoms with Crippen LogP contribution in [-0.2, 0) is 11.3 Å². The molecule has 1 unspecified atom stereocenters. The van der Waals surface area contributed by atoms with E-state index in [0.29, 0.717) is 36.5 Å². The number of alkyl carbamates (subject to hydrolysis) is 1. The van der Waals surface area contributed by atoms with Gasteiger partial charge in [0.25, 0.3) is 0 Å². The summed E-state index contributed by atoms with van der Waals surface area (Å²) in [6.07, 6.45) is 4.12. The van der Waals surface area contributed by atoms with E-state index in [4.69, 9.17) is 9.15 Å². The maximum Gasteiger partial charge on any atom is 0.407 e. The number of hydrogen-bond donors (Lipinski definition) is 4. The van der Waals surface area contributed by atoms with E-state index in [-0.39, 0.29) is 30.0 Å². The van der Waals surface area contributed by atoms with Crippen molar-refractivity contribution in [1.82, 2.24) is 31.1 Å². The molecule has 0 aliphatic rings. The number of carbonyl (C=O) groups is 1. The molecule has 0 bridgehead atoms. The van der Waals surface area contributed by atoms with Gasteiger partial charge in [-0.05, 0) is 39.3 Å². The van der Waals surface area contributed by atoms with Crippen LogP contribution in [0.2, 0.25) is 0 Å². The third-order valence-corrected chi connectivity index (χ3v) is 4.06. The first-order chi connectivity index (χ1) is 14.3. The van der Waals surface area contributed by atoms with Gasteiger partial charge in [0.2, 0.25) is 5.82 Å². The number of amides is 1. The average molecular weight is 547 g/mol. The van der Waals surface area contributed by atoms with Crippen LogP contribution in [0.1, 0.15) is 52.8 Å². The number of carbonyl (C=O) groups excluding carboxylic acids is 1. The SMILES string of the molecule is CCCCC(CNC(=O)OC(C)(C)C)NC(=NC)NCc1nc(-c2ccco2)n[nH]1.I. The Kier molecular flexibility index (Phi) is 11.4. The van der Waals surface area contributed by atoms with Crippen molar-refractivity contribution in [2.45, 2.75) is 65.1 Å². The van der Waals surface area contributed by atoms with Crippen LogP contribution in [0, 0.1) is 0 Å². The zero-order valence-electron chi connectivity index (χ0n) is 18.8. The second-order valence-electron chi connectivity index (χ2n) is 7.88. The van der Waals surface area contributed by atoms with Crippen LogP contribution in [-0.4, -0.2) is 52.5 Å². The molecular formula is C20H34IN7O3. The highest BCUT2D eigenvalue weighted by molar-refractivity contribution is 14.0. The van der Waals surface area contributed by atoms with Crippen molar-refractivity contribution >= 4 is 36.0 Å². The molecule has 1 amide bonds. The number of hydrogen-bond acceptors (Lipinski definition) is 6. The van der Waals surface area contributed by atoms with Crippen molar-refractivity contribution < 1.29 is 13.9 Å². The Bertz CT molecular complexity index is 800. The predicted octanol–water partition coefficient (Wildman–Crippen LogP) is 3.43. The minimum absolute atomic E-state index is 0. The minimum Gasteiger partial charge on any atom is -0.461 e. The first kappa shape index (κ1) is 26.7. The summed E-state index contributed by atoms with van der Waals surface area (Å²) in [6, 6.07) is 3.60. The van der Waals surface area contributed by atoms with E-state index in [2.05, 4.69) is 43.0 Å². The van der Waals surface area contributed by atoms with Crippen LogP contribution in [0.5, 0.6) is 0 Å². The number of nitrogens with zero attached hydrogens (tertiary/aromatic N) is 3. The van der Waals surface area contributed by atoms with Gasteiger partial charge in [-0.1, -0.05) is 19.8 Å². The Morgan fingerprint density at radius 2 is 2.13 bits per heavy atom. The molecule has 31 heavy (non-hydrogen) atoms. The number of unbranched alkanes of at least 4 members (excludes halogenated alkanes) is 1. The van der Waals surface area contributed by atoms with Gasteiger partial charge in [-0.2, -0.15) is 0 Å². The van der Waals surface area contributed by atoms with Crippen molar-refractivity contribution in [1.29, 1.82) is 0 Å². The summed E-state index contributed by atoms with van der Waals surface area (Å²) in [5, 5.41) is 16.4. The fourth-order valence-electron chi connectivity index (χ4n) is 2.64. The van der Waals surface area contributed by atoms with E-state index < -0.39 is 11.7 Å². The molecule has 2 aromatic rings. The van der Waals surface area contributed by atoms with Gasteiger partial charge in [0, 0.05) is 19.6 Å². The first-order valence-corrected chi connectivity index (χ1v) is 10.2. The first-order valence-electron chi connectivity index (χ1n) is 10.2. The number of aliphatic imine (C=N–C) groups is 1. The Morgan fingerprint density at radius 3 is 2.74 bits per heavy atom. The molecule has 174 valence electrons. The van der Waals surface area contributed by atoms with Crippen molar-refractivity contribution in [3.63, 3.8) is 0 Å². The molecule has 0 saturated carbocycles. The number of nitrogens with one attached hydrogen (secondary N) is 4. The van der Waals surface area contributed by atoms with Crippen molar-refractivity contribution in [3.8, 4) is 11.6 Å². The van der Waals surface area contributed by atoms with E-state index in [1.165, 1.54) is 0 Å². The molecule has 2 aromatic heterocycles. The molecule has 0 aliphatic carbocycles. The number of aromatic amines is 1. The summed E-state index contributed by atoms with van der Waals surface area (Å²) in [4.78, 5) is 20.6. The van der Waals surface area contributed by atoms with Crippen LogP contribution < -0.4 is 16.0 Å². The lowest BCUT2D eigenvalue weighted by Gasteiger charge is -2.24. The lowest BCUT2D eigenvalue weighted by Crippen LogP contribution is -2.48. The molecule has 2 rings (SSSR count). The van der Waals surface area contributed by atoms with Gasteiger partial charge < -0.3 is 25.1 Å². The molecule has 0 fully saturated rings. The van der Waals surface area contributed by atoms with Crippen molar-refractivity contribution in [3.05, 3.63) is 24.2 Å². The number of ether oxygens (including phenoxy) is 1. The Labute approximate surface area is 200 Å². The van der Waals surface area contributed by atoms with Crippen LogP contribution in [0.25, 0.3) is 11.6 Å². The molecule has 0 aromatic carbocycles. The van der Waals surface area contributed by atoms with E-state index in [0.717, 1.165) is 19.3 Å². The van der Waals surface area contributed by atoms with Gasteiger partial charge in [-0.15, -0.1) is 29.1 Å². The fourth-order valence-corrected chi connectivity index (χ4v) is 2.64. The molecule has 10 nitrogen and oxygen atoms in total. The maximum atomic E-state index is 12.0. The van der Waals surface area contributed by atoms with Gasteiger partial charge in [0.05, 0.1) is 12.8 Å². The Morgan fingerprint density at radius 1 is 1.35 bits per heavy atom. The van der Waals surface area contributed by atoms with Gasteiger partial charge >= 0.3 is 6.09 Å². The monoisotopic (exact) mass is 547 g/mol. The number of H-pyrrole nitrogens is 1. The van der Waals surface area contributed by atoms with Crippen molar-refractivity contribution in [2.75, 3.05) is 13.6 Å². The largest absolute Gasteiger partial charge is 0.461 e. The highest BCUT2D eigenvalue weighted by atomic mass is 127. The van der Waals surface area contributed by atoms with Gasteiger partial charge in [-0.3, -0.25) is 10.1 Å². The third kappa shape index (κ3) is 10.0. The Hall–Kier alpha value is -2.31. The summed E-state index contributed by atoms with van der Waals surface area (Å²) >= 11 is 0. The number of furan rings is 1. The van der Waals surface area contributed by atoms with Crippen LogP contribution >= 0.6 is 24.0 Å². The second-order valence-corrected chi connectivity index (χ2v) is 7.88. The van der Waals surface area contributed by atoms with Crippen LogP contribution in [0.4, 0.5) is 4.79 Å². The summed E-state index contributed by atoms with van der Waals surface area (Å²) in [7, 11) is 1.70. The predicted molar refractivity (Wildman–Crippen MR) is 130 cm³/mol. The van der Waals surface area contributed by atoms with Crippen LogP contribution in [0.15, 0.2) is 27.8 Å². The maximum absolute atomic E-state index is 12.0. The smallest absolute Gasteiger partial charge is 0.407 e. The standard InChI is InChI=1S/C20H33N7O3.HI/c1-6-7-9-14(12-23-19(28)30-20(2,3)4)24-18(21-5)22-13-16-25-17(27-26-16)15-10-8-11-29-15;/h8,10-11,14H,6-7,9,12-13H2,1-5H3,(H,23,28)(H2,21,22,24)(H,25,26,27);1H. The lowest BCUT2D eigenvalue weighted by atomic mass is 10.1. The molecule has 2 heterocycles. The zero-order valence-corrected chi connectivity index (χ0v) is 21.1. The van der Waals surface area contributed by atoms with Crippen molar-refractivity contribution in [2.24, 2.45) is 4.99 Å². The normalized spacial score (nSPS) is 12.6. The average Bonchev–Trinajstić information content (AvgIpc) is 3.37. The summed E-state index contributed by atoms with van der Waals surface area (Å²) in [5.74, 6) is 2.37. The number of aromatic nitrogens is 3. The molecule has 11 heteroatoms. The van der Waals surface area contributed by atoms with Gasteiger partial charge in [-0.25, -0.2) is 9.78 Å². The number of rotatable bonds is 9. The number of halogens is 1. The zero-order chi connectivity index (χ0) is 22.0. The highest BCUT2D eigenvalue weighted by Gasteiger charge is 2.18. The molecule has 0 aliphatic heterocycles. The third-order valence-electron chi connectivity index (χ3n) is 4.06. The summed E-state index contributed by atoms with van der Waals surface area (Å²) in [6.45, 7) is 8.49. The molecule has 0 radical (unpaired) electrons. The Balaban J connectivity index is 0.00000480. The van der Waals surface area contributed by atoms with E-state index in [9.17, 15) is 4.79 Å². The highest BCUT2D eigenvalue weighted by Crippen LogP contribution is 2.14. The van der Waals surface area contributed by atoms with E-state index in [1.807, 2.05) is 20.8 Å². The molecule has 0 saturated heterocycles. The molecule has 4 N–H and O–H groups in total. The minimum atomic E-state index is -0.528. The van der Waals surface area contributed by atoms with E-state index >= 15 is 0 Å². The summed E-state index contributed by atoms with van der Waals surface area (Å²) < 4.78 is 10.6. The molecular weight excluding hydrogens is 513 g/mol. The fraction of sp³-hybridized carbons (Fsp3) is 0.600. The quantitative estimate of drug-likeness (QED) is 0.215. The van der Waals surface area contributed by atoms with E-state index in [1.54, 1.807) is 25.4 Å². The topological polar surface area (TPSA) is 129 Å². The molecule has 0 spiro atoms. The molecule has 1 atom stereocenters. The summed E-state index contributed by atoms with van der Waals surface area (Å²) in [5.41, 5.74) is -0.528. The van der Waals surface area contributed by atoms with Gasteiger partial charge in [0.15, 0.2) is 11.7 Å². The van der Waals surface area contributed by atoms with Gasteiger partial charge in [0.1, 0.15) is 11.4 Å².